The van der Waals surface area contributed by atoms with Gasteiger partial charge < -0.3 is 24.6 Å². The van der Waals surface area contributed by atoms with Crippen molar-refractivity contribution in [3.8, 4) is 0 Å². The molecule has 3 N–H and O–H groups in total. The predicted octanol–water partition coefficient (Wildman–Crippen LogP) is 11.9. The van der Waals surface area contributed by atoms with Gasteiger partial charge in [0.2, 0.25) is 0 Å². The van der Waals surface area contributed by atoms with E-state index in [0.29, 0.717) is 13.0 Å². The Morgan fingerprint density at radius 3 is 1.21 bits per heavy atom. The molecular weight excluding hydrogens is 679 g/mol. The molecule has 0 aliphatic rings. The van der Waals surface area contributed by atoms with Crippen LogP contribution in [0.25, 0.3) is 0 Å². The Morgan fingerprint density at radius 1 is 0.500 bits per heavy atom. The number of hydrogen-bond acceptors (Lipinski definition) is 8. The van der Waals surface area contributed by atoms with Gasteiger partial charge in [0.1, 0.15) is 12.2 Å². The summed E-state index contributed by atoms with van der Waals surface area (Å²) >= 11 is 0. The van der Waals surface area contributed by atoms with Crippen molar-refractivity contribution in [2.75, 3.05) is 33.0 Å². The van der Waals surface area contributed by atoms with E-state index in [-0.39, 0.29) is 13.0 Å². The molecule has 0 aliphatic carbocycles. The zero-order valence-electron chi connectivity index (χ0n) is 34.1. The molecule has 0 saturated heterocycles. The number of aliphatic hydroxyl groups excluding tert-OH is 2. The topological polar surface area (TPSA) is 132 Å². The quantitative estimate of drug-likeness (QED) is 0.0315. The van der Waals surface area contributed by atoms with Gasteiger partial charge in [0, 0.05) is 13.0 Å². The highest BCUT2D eigenvalue weighted by atomic mass is 31.2. The molecule has 3 atom stereocenters. The van der Waals surface area contributed by atoms with Crippen molar-refractivity contribution in [2.24, 2.45) is 0 Å². The number of phosphoric acid groups is 1. The minimum absolute atomic E-state index is 0.0409. The van der Waals surface area contributed by atoms with Gasteiger partial charge in [-0.2, -0.15) is 0 Å². The lowest BCUT2D eigenvalue weighted by Gasteiger charge is -2.21. The normalized spacial score (nSPS) is 14.0. The lowest BCUT2D eigenvalue weighted by atomic mass is 10.0. The minimum Gasteiger partial charge on any atom is -0.457 e. The van der Waals surface area contributed by atoms with Gasteiger partial charge in [0.05, 0.1) is 26.4 Å². The van der Waals surface area contributed by atoms with Crippen molar-refractivity contribution in [1.82, 2.24) is 0 Å². The average Bonchev–Trinajstić information content (AvgIpc) is 3.13. The van der Waals surface area contributed by atoms with Crippen LogP contribution in [-0.4, -0.2) is 66.3 Å². The monoisotopic (exact) mass is 765 g/mol. The van der Waals surface area contributed by atoms with Crippen LogP contribution >= 0.6 is 7.82 Å². The van der Waals surface area contributed by atoms with Gasteiger partial charge in [0.25, 0.3) is 0 Å². The van der Waals surface area contributed by atoms with Crippen LogP contribution in [0.1, 0.15) is 219 Å². The van der Waals surface area contributed by atoms with Crippen LogP contribution < -0.4 is 0 Å². The molecule has 0 spiro atoms. The average molecular weight is 765 g/mol. The molecule has 0 heterocycles. The largest absolute Gasteiger partial charge is 0.472 e. The number of carbonyl (C=O) groups excluding carboxylic acids is 1. The van der Waals surface area contributed by atoms with E-state index >= 15 is 0 Å². The number of carbonyl (C=O) groups is 1. The number of ether oxygens (including phenoxy) is 2. The number of rotatable bonds is 43. The lowest BCUT2D eigenvalue weighted by molar-refractivity contribution is -0.153. The van der Waals surface area contributed by atoms with Crippen LogP contribution in [0.5, 0.6) is 0 Å². The molecule has 0 aromatic carbocycles. The summed E-state index contributed by atoms with van der Waals surface area (Å²) in [6, 6.07) is 0. The zero-order chi connectivity index (χ0) is 38.2. The van der Waals surface area contributed by atoms with Gasteiger partial charge in [-0.25, -0.2) is 4.57 Å². The minimum atomic E-state index is -4.57. The van der Waals surface area contributed by atoms with Crippen molar-refractivity contribution < 1.29 is 43.0 Å². The summed E-state index contributed by atoms with van der Waals surface area (Å²) in [6.45, 7) is 3.41. The maximum atomic E-state index is 12.4. The Kier molecular flexibility index (Phi) is 39.7. The Morgan fingerprint density at radius 2 is 0.846 bits per heavy atom. The number of aliphatic hydroxyl groups is 2. The molecule has 0 aromatic rings. The zero-order valence-corrected chi connectivity index (χ0v) is 35.0. The smallest absolute Gasteiger partial charge is 0.457 e. The van der Waals surface area contributed by atoms with Gasteiger partial charge in [-0.3, -0.25) is 13.8 Å². The number of phosphoric ester groups is 1. The molecule has 0 aliphatic heterocycles. The molecule has 52 heavy (non-hydrogen) atoms. The van der Waals surface area contributed by atoms with Gasteiger partial charge in [-0.05, 0) is 12.8 Å². The van der Waals surface area contributed by atoms with Crippen LogP contribution in [0.2, 0.25) is 0 Å². The first-order valence-corrected chi connectivity index (χ1v) is 23.5. The molecule has 0 amide bonds. The Labute approximate surface area is 320 Å². The predicted molar refractivity (Wildman–Crippen MR) is 215 cm³/mol. The molecule has 9 nitrogen and oxygen atoms in total. The van der Waals surface area contributed by atoms with Gasteiger partial charge in [-0.15, -0.1) is 0 Å². The summed E-state index contributed by atoms with van der Waals surface area (Å²) in [5.74, 6) is -0.471. The van der Waals surface area contributed by atoms with Crippen molar-refractivity contribution in [1.29, 1.82) is 0 Å². The third-order valence-corrected chi connectivity index (χ3v) is 10.9. The summed E-state index contributed by atoms with van der Waals surface area (Å²) in [6.07, 6.45) is 37.4. The van der Waals surface area contributed by atoms with E-state index in [1.165, 1.54) is 161 Å². The molecule has 312 valence electrons. The maximum absolute atomic E-state index is 12.4. The number of unbranched alkanes of at least 4 members (excludes halogenated alkanes) is 29. The standard InChI is InChI=1S/C42H85O9P/c1-3-5-7-9-11-13-15-17-19-21-23-25-27-29-31-33-35-48-38-41(37-44)51-52(46,47)49-39-40(36-43)50-42(45)34-32-30-28-26-24-22-20-18-16-14-12-10-8-6-4-2/h40-41,43-44H,3-39H2,1-2H3,(H,46,47)/t40-,41?/m1/s1. The summed E-state index contributed by atoms with van der Waals surface area (Å²) in [5, 5.41) is 19.2. The fraction of sp³-hybridized carbons (Fsp3) is 0.976. The third kappa shape index (κ3) is 37.8. The molecule has 0 bridgehead atoms. The highest BCUT2D eigenvalue weighted by molar-refractivity contribution is 7.47. The van der Waals surface area contributed by atoms with Gasteiger partial charge in [0.15, 0.2) is 0 Å². The summed E-state index contributed by atoms with van der Waals surface area (Å²) < 4.78 is 33.3. The van der Waals surface area contributed by atoms with Crippen LogP contribution in [0, 0.1) is 0 Å². The first-order chi connectivity index (χ1) is 25.4. The summed E-state index contributed by atoms with van der Waals surface area (Å²) in [4.78, 5) is 22.4. The van der Waals surface area contributed by atoms with Crippen LogP contribution in [0.3, 0.4) is 0 Å². The third-order valence-electron chi connectivity index (χ3n) is 9.84. The van der Waals surface area contributed by atoms with Gasteiger partial charge in [-0.1, -0.05) is 200 Å². The molecule has 0 fully saturated rings. The molecular formula is C42H85O9P. The molecule has 0 radical (unpaired) electrons. The van der Waals surface area contributed by atoms with Gasteiger partial charge >= 0.3 is 13.8 Å². The first-order valence-electron chi connectivity index (χ1n) is 22.0. The van der Waals surface area contributed by atoms with E-state index in [1.54, 1.807) is 0 Å². The second-order valence-corrected chi connectivity index (χ2v) is 16.5. The van der Waals surface area contributed by atoms with E-state index in [2.05, 4.69) is 13.8 Å². The van der Waals surface area contributed by atoms with Crippen LogP contribution in [0.15, 0.2) is 0 Å². The molecule has 0 saturated carbocycles. The summed E-state index contributed by atoms with van der Waals surface area (Å²) in [7, 11) is -4.57. The van der Waals surface area contributed by atoms with E-state index in [9.17, 15) is 24.5 Å². The SMILES string of the molecule is CCCCCCCCCCCCCCCCCCOCC(CO)OP(=O)(O)OC[C@@H](CO)OC(=O)CCCCCCCCCCCCCCCCC. The van der Waals surface area contributed by atoms with Crippen molar-refractivity contribution in [2.45, 2.75) is 232 Å². The highest BCUT2D eigenvalue weighted by Gasteiger charge is 2.29. The first kappa shape index (κ1) is 51.5. The van der Waals surface area contributed by atoms with E-state index in [1.807, 2.05) is 0 Å². The Balaban J connectivity index is 3.78. The van der Waals surface area contributed by atoms with E-state index in [4.69, 9.17) is 18.5 Å². The second-order valence-electron chi connectivity index (χ2n) is 15.0. The maximum Gasteiger partial charge on any atom is 0.472 e. The van der Waals surface area contributed by atoms with Crippen LogP contribution in [0.4, 0.5) is 0 Å². The lowest BCUT2D eigenvalue weighted by Crippen LogP contribution is -2.28. The van der Waals surface area contributed by atoms with E-state index in [0.717, 1.165) is 32.1 Å². The Bertz CT molecular complexity index is 785. The van der Waals surface area contributed by atoms with Crippen molar-refractivity contribution in [3.63, 3.8) is 0 Å². The number of hydrogen-bond donors (Lipinski definition) is 3. The molecule has 0 rings (SSSR count). The fourth-order valence-electron chi connectivity index (χ4n) is 6.49. The Hall–Kier alpha value is -0.540. The van der Waals surface area contributed by atoms with E-state index < -0.39 is 45.8 Å². The summed E-state index contributed by atoms with van der Waals surface area (Å²) in [5.41, 5.74) is 0. The molecule has 2 unspecified atom stereocenters. The second kappa shape index (κ2) is 40.1. The van der Waals surface area contributed by atoms with Crippen LogP contribution in [-0.2, 0) is 27.9 Å². The van der Waals surface area contributed by atoms with Crippen molar-refractivity contribution in [3.05, 3.63) is 0 Å². The fourth-order valence-corrected chi connectivity index (χ4v) is 7.41. The molecule has 0 aromatic heterocycles. The number of esters is 1. The van der Waals surface area contributed by atoms with Crippen molar-refractivity contribution >= 4 is 13.8 Å². The molecule has 10 heteroatoms. The highest BCUT2D eigenvalue weighted by Crippen LogP contribution is 2.44.